The van der Waals surface area contributed by atoms with Crippen molar-refractivity contribution in [3.8, 4) is 0 Å². The molecule has 0 saturated heterocycles. The molecule has 0 spiro atoms. The minimum Gasteiger partial charge on any atom is -0.325 e. The Morgan fingerprint density at radius 1 is 1.25 bits per heavy atom. The van der Waals surface area contributed by atoms with Gasteiger partial charge in [-0.3, -0.25) is 14.6 Å². The van der Waals surface area contributed by atoms with E-state index in [1.165, 1.54) is 24.6 Å². The molecule has 9 heteroatoms. The Morgan fingerprint density at radius 3 is 2.68 bits per heavy atom. The molecule has 0 saturated carbocycles. The second kappa shape index (κ2) is 10.1. The molecule has 1 aromatic rings. The lowest BCUT2D eigenvalue weighted by Crippen LogP contribution is -2.19. The number of carbonyl (C=O) groups excluding carboxylic acids is 2. The predicted molar refractivity (Wildman–Crippen MR) is 112 cm³/mol. The minimum atomic E-state index is -0.653. The zero-order valence-corrected chi connectivity index (χ0v) is 16.8. The summed E-state index contributed by atoms with van der Waals surface area (Å²) in [5.41, 5.74) is 0.944. The predicted octanol–water partition coefficient (Wildman–Crippen LogP) is 4.27. The van der Waals surface area contributed by atoms with Crippen LogP contribution in [0.4, 0.5) is 15.8 Å². The molecule has 2 N–H and O–H groups in total. The van der Waals surface area contributed by atoms with Gasteiger partial charge < -0.3 is 10.6 Å². The Hall–Kier alpha value is -2.51. The standard InChI is InChI=1S/C19H19Cl2FN4O2/c1-3-12-7-17(21)24-9-11(2)14(10-23-12)19(28)26-16-6-13(4-5-15(16)22)25-18(27)8-20/h4-7,9-10,12H,3,8H2,1-2H3,(H,25,27)(H,26,28)/b14-11-,17-7-,23-10?,24-9-. The molecule has 1 aromatic carbocycles. The number of hydrogen-bond acceptors (Lipinski definition) is 4. The maximum atomic E-state index is 14.1. The highest BCUT2D eigenvalue weighted by Gasteiger charge is 2.15. The van der Waals surface area contributed by atoms with Gasteiger partial charge in [0, 0.05) is 18.1 Å². The third kappa shape index (κ3) is 6.00. The third-order valence-corrected chi connectivity index (χ3v) is 4.28. The summed E-state index contributed by atoms with van der Waals surface area (Å²) in [4.78, 5) is 32.6. The summed E-state index contributed by atoms with van der Waals surface area (Å²) in [5.74, 6) is -1.91. The lowest BCUT2D eigenvalue weighted by atomic mass is 10.1. The average Bonchev–Trinajstić information content (AvgIpc) is 2.74. The number of carbonyl (C=O) groups is 2. The molecule has 1 aliphatic rings. The molecule has 0 aliphatic carbocycles. The molecule has 6 nitrogen and oxygen atoms in total. The van der Waals surface area contributed by atoms with Crippen molar-refractivity contribution in [2.45, 2.75) is 26.3 Å². The molecule has 148 valence electrons. The van der Waals surface area contributed by atoms with E-state index in [0.717, 1.165) is 6.07 Å². The Bertz CT molecular complexity index is 894. The Morgan fingerprint density at radius 2 is 2.00 bits per heavy atom. The van der Waals surface area contributed by atoms with Crippen LogP contribution in [-0.4, -0.2) is 36.2 Å². The highest BCUT2D eigenvalue weighted by Crippen LogP contribution is 2.21. The van der Waals surface area contributed by atoms with Crippen molar-refractivity contribution < 1.29 is 14.0 Å². The molecule has 28 heavy (non-hydrogen) atoms. The van der Waals surface area contributed by atoms with Gasteiger partial charge >= 0.3 is 0 Å². The molecular weight excluding hydrogens is 406 g/mol. The number of aliphatic imine (C=N–C) groups is 2. The normalized spacial score (nSPS) is 22.3. The van der Waals surface area contributed by atoms with Crippen LogP contribution in [-0.2, 0) is 9.59 Å². The van der Waals surface area contributed by atoms with Gasteiger partial charge in [-0.25, -0.2) is 9.38 Å². The lowest BCUT2D eigenvalue weighted by molar-refractivity contribution is -0.114. The maximum absolute atomic E-state index is 14.1. The van der Waals surface area contributed by atoms with Gasteiger partial charge in [-0.05, 0) is 43.2 Å². The van der Waals surface area contributed by atoms with E-state index in [9.17, 15) is 14.0 Å². The van der Waals surface area contributed by atoms with Crippen LogP contribution in [0.1, 0.15) is 20.3 Å². The molecule has 0 radical (unpaired) electrons. The van der Waals surface area contributed by atoms with Crippen LogP contribution in [0.5, 0.6) is 0 Å². The SMILES string of the molecule is CCC1\C=C(Cl)/N=C\C(C)=C(/C(=O)Nc2cc(NC(=O)CCl)ccc2F)C=N1. The van der Waals surface area contributed by atoms with Crippen LogP contribution >= 0.6 is 23.2 Å². The zero-order valence-electron chi connectivity index (χ0n) is 15.3. The molecule has 1 aliphatic heterocycles. The Labute approximate surface area is 172 Å². The zero-order chi connectivity index (χ0) is 20.7. The average molecular weight is 425 g/mol. The van der Waals surface area contributed by atoms with E-state index in [0.29, 0.717) is 17.7 Å². The molecule has 1 heterocycles. The van der Waals surface area contributed by atoms with Crippen LogP contribution < -0.4 is 10.6 Å². The van der Waals surface area contributed by atoms with Crippen LogP contribution in [0.15, 0.2) is 50.6 Å². The number of halogens is 3. The van der Waals surface area contributed by atoms with Crippen molar-refractivity contribution in [1.82, 2.24) is 0 Å². The molecule has 2 rings (SSSR count). The largest absolute Gasteiger partial charge is 0.325 e. The van der Waals surface area contributed by atoms with E-state index >= 15 is 0 Å². The Balaban J connectivity index is 2.30. The van der Waals surface area contributed by atoms with E-state index in [1.807, 2.05) is 6.92 Å². The molecular formula is C19H19Cl2FN4O2. The number of allylic oxidation sites excluding steroid dienone is 1. The van der Waals surface area contributed by atoms with Crippen molar-refractivity contribution in [2.75, 3.05) is 16.5 Å². The highest BCUT2D eigenvalue weighted by atomic mass is 35.5. The number of nitrogens with zero attached hydrogens (tertiary/aromatic N) is 2. The van der Waals surface area contributed by atoms with Crippen LogP contribution in [0.25, 0.3) is 0 Å². The highest BCUT2D eigenvalue weighted by molar-refractivity contribution is 6.30. The first-order valence-electron chi connectivity index (χ1n) is 8.46. The first-order chi connectivity index (χ1) is 13.3. The molecule has 0 fully saturated rings. The molecule has 0 aromatic heterocycles. The number of hydrogen-bond donors (Lipinski definition) is 2. The van der Waals surface area contributed by atoms with E-state index in [4.69, 9.17) is 23.2 Å². The summed E-state index contributed by atoms with van der Waals surface area (Å²) in [6.07, 6.45) is 5.23. The van der Waals surface area contributed by atoms with E-state index in [-0.39, 0.29) is 28.3 Å². The second-order valence-electron chi connectivity index (χ2n) is 5.93. The van der Waals surface area contributed by atoms with Gasteiger partial charge in [0.1, 0.15) is 16.9 Å². The van der Waals surface area contributed by atoms with Crippen molar-refractivity contribution >= 4 is 58.8 Å². The number of nitrogens with one attached hydrogen (secondary N) is 2. The quantitative estimate of drug-likeness (QED) is 0.546. The van der Waals surface area contributed by atoms with E-state index in [1.54, 1.807) is 13.0 Å². The monoisotopic (exact) mass is 424 g/mol. The van der Waals surface area contributed by atoms with Crippen molar-refractivity contribution in [3.63, 3.8) is 0 Å². The third-order valence-electron chi connectivity index (χ3n) is 3.81. The Kier molecular flexibility index (Phi) is 7.90. The topological polar surface area (TPSA) is 82.9 Å². The summed E-state index contributed by atoms with van der Waals surface area (Å²) in [6.45, 7) is 3.60. The van der Waals surface area contributed by atoms with Gasteiger partial charge in [-0.1, -0.05) is 18.5 Å². The summed E-state index contributed by atoms with van der Waals surface area (Å²) < 4.78 is 14.1. The van der Waals surface area contributed by atoms with E-state index < -0.39 is 17.6 Å². The fraction of sp³-hybridized carbons (Fsp3) is 0.263. The fourth-order valence-electron chi connectivity index (χ4n) is 2.29. The van der Waals surface area contributed by atoms with Crippen molar-refractivity contribution in [3.05, 3.63) is 46.4 Å². The fourth-order valence-corrected chi connectivity index (χ4v) is 2.55. The number of amides is 2. The first-order valence-corrected chi connectivity index (χ1v) is 9.37. The maximum Gasteiger partial charge on any atom is 0.257 e. The van der Waals surface area contributed by atoms with Gasteiger partial charge in [-0.2, -0.15) is 0 Å². The molecule has 0 bridgehead atoms. The van der Waals surface area contributed by atoms with Crippen molar-refractivity contribution in [1.29, 1.82) is 0 Å². The van der Waals surface area contributed by atoms with Gasteiger partial charge in [0.2, 0.25) is 5.91 Å². The van der Waals surface area contributed by atoms with Crippen molar-refractivity contribution in [2.24, 2.45) is 9.98 Å². The minimum absolute atomic E-state index is 0.0916. The van der Waals surface area contributed by atoms with Gasteiger partial charge in [-0.15, -0.1) is 11.6 Å². The van der Waals surface area contributed by atoms with Crippen LogP contribution in [0.2, 0.25) is 0 Å². The van der Waals surface area contributed by atoms with Crippen LogP contribution in [0, 0.1) is 5.82 Å². The number of anilines is 2. The molecule has 1 unspecified atom stereocenters. The number of benzene rings is 1. The van der Waals surface area contributed by atoms with Gasteiger partial charge in [0.05, 0.1) is 17.3 Å². The lowest BCUT2D eigenvalue weighted by Gasteiger charge is -2.11. The summed E-state index contributed by atoms with van der Waals surface area (Å²) in [5, 5.41) is 5.27. The summed E-state index contributed by atoms with van der Waals surface area (Å²) >= 11 is 11.5. The summed E-state index contributed by atoms with van der Waals surface area (Å²) in [7, 11) is 0. The summed E-state index contributed by atoms with van der Waals surface area (Å²) in [6, 6.07) is 3.58. The smallest absolute Gasteiger partial charge is 0.257 e. The molecule has 2 amide bonds. The van der Waals surface area contributed by atoms with Gasteiger partial charge in [0.15, 0.2) is 0 Å². The van der Waals surface area contributed by atoms with Gasteiger partial charge in [0.25, 0.3) is 5.91 Å². The molecule has 1 atom stereocenters. The van der Waals surface area contributed by atoms with E-state index in [2.05, 4.69) is 20.6 Å². The van der Waals surface area contributed by atoms with Crippen LogP contribution in [0.3, 0.4) is 0 Å². The number of alkyl halides is 1. The second-order valence-corrected chi connectivity index (χ2v) is 6.58. The first kappa shape index (κ1) is 21.8. The number of rotatable bonds is 5.